The number of nitrogens with one attached hydrogen (secondary N) is 1. The van der Waals surface area contributed by atoms with Crippen LogP contribution in [0.25, 0.3) is 28.6 Å². The predicted octanol–water partition coefficient (Wildman–Crippen LogP) is 9.29. The number of aromatic amines is 1. The summed E-state index contributed by atoms with van der Waals surface area (Å²) in [5.41, 5.74) is 1.85. The van der Waals surface area contributed by atoms with E-state index in [0.717, 1.165) is 62.7 Å². The molecule has 14 heteroatoms. The lowest BCUT2D eigenvalue weighted by Gasteiger charge is -2.24. The monoisotopic (exact) mass is 923 g/mol. The molecule has 0 aliphatic heterocycles. The van der Waals surface area contributed by atoms with Gasteiger partial charge in [0.25, 0.3) is 5.56 Å². The quantitative estimate of drug-likeness (QED) is 0.0337. The molecule has 370 valence electrons. The van der Waals surface area contributed by atoms with Crippen LogP contribution < -0.4 is 11.2 Å². The maximum absolute atomic E-state index is 13.9. The number of ether oxygens (including phenoxy) is 7. The minimum absolute atomic E-state index is 0.129. The highest BCUT2D eigenvalue weighted by molar-refractivity contribution is 5.87. The Morgan fingerprint density at radius 2 is 1.05 bits per heavy atom. The van der Waals surface area contributed by atoms with Gasteiger partial charge < -0.3 is 38.1 Å². The second kappa shape index (κ2) is 32.9. The number of benzene rings is 1. The predicted molar refractivity (Wildman–Crippen MR) is 260 cm³/mol. The number of esters is 1. The summed E-state index contributed by atoms with van der Waals surface area (Å²) in [6.45, 7) is 9.51. The number of imidazole rings is 1. The summed E-state index contributed by atoms with van der Waals surface area (Å²) >= 11 is 0. The highest BCUT2D eigenvalue weighted by atomic mass is 16.6. The number of unbranched alkanes of at least 4 members (excludes halogenated alkanes) is 9. The third-order valence-corrected chi connectivity index (χ3v) is 12.8. The molecule has 0 bridgehead atoms. The van der Waals surface area contributed by atoms with Gasteiger partial charge in [0.2, 0.25) is 0 Å². The van der Waals surface area contributed by atoms with E-state index in [0.29, 0.717) is 108 Å². The summed E-state index contributed by atoms with van der Waals surface area (Å²) in [7, 11) is 0. The zero-order chi connectivity index (χ0) is 46.3. The van der Waals surface area contributed by atoms with Crippen LogP contribution in [0, 0.1) is 11.8 Å². The van der Waals surface area contributed by atoms with Crippen LogP contribution in [0.1, 0.15) is 141 Å². The number of nitrogens with zero attached hydrogens (tertiary/aromatic N) is 3. The van der Waals surface area contributed by atoms with E-state index in [1.54, 1.807) is 10.6 Å². The van der Waals surface area contributed by atoms with Gasteiger partial charge in [-0.1, -0.05) is 128 Å². The Bertz CT molecular complexity index is 1900. The molecule has 0 radical (unpaired) electrons. The van der Waals surface area contributed by atoms with Gasteiger partial charge in [0.1, 0.15) is 18.1 Å². The molecule has 1 aromatic carbocycles. The Balaban J connectivity index is 0.864. The van der Waals surface area contributed by atoms with Gasteiger partial charge in [0.15, 0.2) is 5.52 Å². The van der Waals surface area contributed by atoms with E-state index in [9.17, 15) is 14.4 Å². The first kappa shape index (κ1) is 53.3. The standard InChI is InChI=1S/C52H82N4O10/c1-2-3-4-5-6-7-8-9-10-17-28-60-29-30-61-31-32-62-33-34-63-35-36-64-37-38-65-39-40-66-47(57)27-24-43-22-25-46(26-23-43)49-53-48-50(54-49)55(41-44-18-13-11-14-19-44)52(59)56(51(48)58)42-45-20-15-12-16-21-45/h22-27,44-45H,2-21,28-42H2,1H3,(H,53,54)/b27-24+. The summed E-state index contributed by atoms with van der Waals surface area (Å²) in [6, 6.07) is 7.53. The fraction of sp³-hybridized carbons (Fsp3) is 0.731. The lowest BCUT2D eigenvalue weighted by Crippen LogP contribution is -2.42. The van der Waals surface area contributed by atoms with Crippen LogP contribution in [0.15, 0.2) is 39.9 Å². The van der Waals surface area contributed by atoms with Crippen LogP contribution in [0.4, 0.5) is 0 Å². The zero-order valence-electron chi connectivity index (χ0n) is 40.3. The molecule has 0 amide bonds. The molecule has 0 saturated heterocycles. The van der Waals surface area contributed by atoms with Crippen molar-refractivity contribution in [3.05, 3.63) is 56.7 Å². The molecule has 3 aromatic rings. The minimum Gasteiger partial charge on any atom is -0.460 e. The molecule has 2 saturated carbocycles. The van der Waals surface area contributed by atoms with Crippen molar-refractivity contribution in [1.82, 2.24) is 19.1 Å². The number of hydrogen-bond donors (Lipinski definition) is 1. The number of rotatable bonds is 36. The largest absolute Gasteiger partial charge is 0.460 e. The molecule has 0 atom stereocenters. The maximum atomic E-state index is 13.9. The van der Waals surface area contributed by atoms with Crippen LogP contribution in [0.2, 0.25) is 0 Å². The van der Waals surface area contributed by atoms with Gasteiger partial charge in [-0.05, 0) is 55.6 Å². The highest BCUT2D eigenvalue weighted by Crippen LogP contribution is 2.27. The number of carbonyl (C=O) groups is 1. The molecular formula is C52H82N4O10. The summed E-state index contributed by atoms with van der Waals surface area (Å²) in [6.07, 6.45) is 27.7. The third-order valence-electron chi connectivity index (χ3n) is 12.8. The van der Waals surface area contributed by atoms with E-state index < -0.39 is 5.97 Å². The van der Waals surface area contributed by atoms with E-state index in [1.807, 2.05) is 24.3 Å². The topological polar surface area (TPSA) is 154 Å². The summed E-state index contributed by atoms with van der Waals surface area (Å²) < 4.78 is 41.9. The van der Waals surface area contributed by atoms with Crippen molar-refractivity contribution < 1.29 is 38.0 Å². The van der Waals surface area contributed by atoms with E-state index in [-0.39, 0.29) is 24.5 Å². The van der Waals surface area contributed by atoms with Gasteiger partial charge in [-0.2, -0.15) is 0 Å². The molecule has 66 heavy (non-hydrogen) atoms. The lowest BCUT2D eigenvalue weighted by atomic mass is 9.89. The number of carbonyl (C=O) groups excluding carboxylic acids is 1. The first-order valence-electron chi connectivity index (χ1n) is 25.7. The van der Waals surface area contributed by atoms with Gasteiger partial charge in [-0.25, -0.2) is 14.6 Å². The Kier molecular flexibility index (Phi) is 26.6. The second-order valence-electron chi connectivity index (χ2n) is 18.1. The van der Waals surface area contributed by atoms with Crippen molar-refractivity contribution in [2.75, 3.05) is 85.9 Å². The molecule has 2 aromatic heterocycles. The van der Waals surface area contributed by atoms with Crippen LogP contribution >= 0.6 is 0 Å². The average molecular weight is 923 g/mol. The van der Waals surface area contributed by atoms with Crippen molar-refractivity contribution in [1.29, 1.82) is 0 Å². The summed E-state index contributed by atoms with van der Waals surface area (Å²) in [5, 5.41) is 0. The molecule has 2 heterocycles. The normalized spacial score (nSPS) is 15.1. The van der Waals surface area contributed by atoms with E-state index in [1.165, 1.54) is 94.1 Å². The summed E-state index contributed by atoms with van der Waals surface area (Å²) in [4.78, 5) is 48.2. The van der Waals surface area contributed by atoms with Crippen LogP contribution in [-0.4, -0.2) is 111 Å². The third kappa shape index (κ3) is 20.3. The molecule has 2 fully saturated rings. The number of aromatic nitrogens is 4. The van der Waals surface area contributed by atoms with Gasteiger partial charge in [-0.3, -0.25) is 13.9 Å². The summed E-state index contributed by atoms with van der Waals surface area (Å²) in [5.74, 6) is 0.811. The van der Waals surface area contributed by atoms with Crippen molar-refractivity contribution in [3.63, 3.8) is 0 Å². The van der Waals surface area contributed by atoms with Crippen molar-refractivity contribution in [2.24, 2.45) is 11.8 Å². The lowest BCUT2D eigenvalue weighted by molar-refractivity contribution is -0.139. The fourth-order valence-electron chi connectivity index (χ4n) is 8.95. The van der Waals surface area contributed by atoms with Crippen LogP contribution in [0.5, 0.6) is 0 Å². The van der Waals surface area contributed by atoms with Gasteiger partial charge in [-0.15, -0.1) is 0 Å². The van der Waals surface area contributed by atoms with Gasteiger partial charge in [0, 0.05) is 31.3 Å². The highest BCUT2D eigenvalue weighted by Gasteiger charge is 2.24. The first-order valence-corrected chi connectivity index (χ1v) is 25.7. The number of H-pyrrole nitrogens is 1. The average Bonchev–Trinajstić information content (AvgIpc) is 3.80. The van der Waals surface area contributed by atoms with Crippen molar-refractivity contribution in [3.8, 4) is 11.4 Å². The Hall–Kier alpha value is -3.66. The molecular weight excluding hydrogens is 841 g/mol. The van der Waals surface area contributed by atoms with Gasteiger partial charge in [0.05, 0.1) is 72.7 Å². The molecule has 0 unspecified atom stereocenters. The molecule has 1 N–H and O–H groups in total. The number of fused-ring (bicyclic) bond motifs is 1. The second-order valence-corrected chi connectivity index (χ2v) is 18.1. The fourth-order valence-corrected chi connectivity index (χ4v) is 8.95. The molecule has 5 rings (SSSR count). The maximum Gasteiger partial charge on any atom is 0.332 e. The van der Waals surface area contributed by atoms with Crippen LogP contribution in [0.3, 0.4) is 0 Å². The van der Waals surface area contributed by atoms with Crippen molar-refractivity contribution in [2.45, 2.75) is 148 Å². The Morgan fingerprint density at radius 1 is 0.591 bits per heavy atom. The smallest absolute Gasteiger partial charge is 0.332 e. The van der Waals surface area contributed by atoms with E-state index in [2.05, 4.69) is 11.9 Å². The molecule has 2 aliphatic carbocycles. The van der Waals surface area contributed by atoms with Gasteiger partial charge >= 0.3 is 11.7 Å². The zero-order valence-corrected chi connectivity index (χ0v) is 40.3. The van der Waals surface area contributed by atoms with Crippen molar-refractivity contribution >= 4 is 23.2 Å². The molecule has 14 nitrogen and oxygen atoms in total. The Labute approximate surface area is 393 Å². The van der Waals surface area contributed by atoms with Crippen LogP contribution in [-0.2, 0) is 51.0 Å². The Morgan fingerprint density at radius 3 is 1.56 bits per heavy atom. The number of hydrogen-bond acceptors (Lipinski definition) is 11. The molecule has 0 spiro atoms. The molecule has 2 aliphatic rings. The minimum atomic E-state index is -0.468. The SMILES string of the molecule is CCCCCCCCCCCCOCCOCCOCCOCCOCCOCCOC(=O)/C=C/c1ccc(-c2nc3c(=O)n(CC4CCCCC4)c(=O)n(CC4CCCCC4)c3[nH]2)cc1. The first-order chi connectivity index (χ1) is 32.5. The van der Waals surface area contributed by atoms with E-state index in [4.69, 9.17) is 38.1 Å². The van der Waals surface area contributed by atoms with E-state index >= 15 is 0 Å².